The van der Waals surface area contributed by atoms with Crippen molar-refractivity contribution in [1.29, 1.82) is 5.26 Å². The monoisotopic (exact) mass is 309 g/mol. The molecule has 1 aromatic carbocycles. The molecule has 1 aliphatic heterocycles. The van der Waals surface area contributed by atoms with Gasteiger partial charge in [0.25, 0.3) is 5.91 Å². The number of H-pyrrole nitrogens is 1. The molecule has 0 bridgehead atoms. The molecule has 1 fully saturated rings. The van der Waals surface area contributed by atoms with E-state index in [-0.39, 0.29) is 17.6 Å². The zero-order chi connectivity index (χ0) is 16.2. The molecule has 1 amide bonds. The first kappa shape index (κ1) is 15.3. The SMILES string of the molecule is Cc1[nH]c2ccccc2c1/C=C(\C#N)C(=O)NC[C@H]1CCCO1. The summed E-state index contributed by atoms with van der Waals surface area (Å²) in [6, 6.07) is 9.84. The Morgan fingerprint density at radius 1 is 1.52 bits per heavy atom. The quantitative estimate of drug-likeness (QED) is 0.673. The Balaban J connectivity index is 1.81. The largest absolute Gasteiger partial charge is 0.376 e. The molecule has 3 rings (SSSR count). The second kappa shape index (κ2) is 6.67. The van der Waals surface area contributed by atoms with Crippen LogP contribution in [0.3, 0.4) is 0 Å². The highest BCUT2D eigenvalue weighted by molar-refractivity contribution is 6.04. The highest BCUT2D eigenvalue weighted by Crippen LogP contribution is 2.24. The molecule has 0 saturated carbocycles. The molecule has 1 saturated heterocycles. The second-order valence-corrected chi connectivity index (χ2v) is 5.72. The maximum atomic E-state index is 12.2. The molecule has 0 spiro atoms. The minimum atomic E-state index is -0.354. The maximum Gasteiger partial charge on any atom is 0.262 e. The zero-order valence-corrected chi connectivity index (χ0v) is 13.1. The molecule has 118 valence electrons. The van der Waals surface area contributed by atoms with Gasteiger partial charge in [-0.05, 0) is 31.9 Å². The van der Waals surface area contributed by atoms with Crippen molar-refractivity contribution >= 4 is 22.9 Å². The summed E-state index contributed by atoms with van der Waals surface area (Å²) in [7, 11) is 0. The first-order valence-corrected chi connectivity index (χ1v) is 7.78. The van der Waals surface area contributed by atoms with Crippen LogP contribution in [0, 0.1) is 18.3 Å². The fourth-order valence-electron chi connectivity index (χ4n) is 2.88. The molecule has 2 N–H and O–H groups in total. The van der Waals surface area contributed by atoms with E-state index < -0.39 is 0 Å². The average molecular weight is 309 g/mol. The molecule has 1 aliphatic rings. The van der Waals surface area contributed by atoms with E-state index in [9.17, 15) is 10.1 Å². The lowest BCUT2D eigenvalue weighted by Gasteiger charge is -2.10. The third-order valence-electron chi connectivity index (χ3n) is 4.11. The number of ether oxygens (including phenoxy) is 1. The van der Waals surface area contributed by atoms with Gasteiger partial charge in [-0.2, -0.15) is 5.26 Å². The molecule has 0 aliphatic carbocycles. The molecule has 0 radical (unpaired) electrons. The van der Waals surface area contributed by atoms with E-state index in [2.05, 4.69) is 10.3 Å². The number of nitrogens with one attached hydrogen (secondary N) is 2. The van der Waals surface area contributed by atoms with Crippen LogP contribution in [0.15, 0.2) is 29.8 Å². The molecule has 5 heteroatoms. The topological polar surface area (TPSA) is 77.9 Å². The van der Waals surface area contributed by atoms with E-state index in [4.69, 9.17) is 4.74 Å². The maximum absolute atomic E-state index is 12.2. The van der Waals surface area contributed by atoms with Crippen LogP contribution in [0.1, 0.15) is 24.1 Å². The summed E-state index contributed by atoms with van der Waals surface area (Å²) >= 11 is 0. The van der Waals surface area contributed by atoms with E-state index in [1.54, 1.807) is 6.08 Å². The van der Waals surface area contributed by atoms with Gasteiger partial charge in [-0.3, -0.25) is 4.79 Å². The zero-order valence-electron chi connectivity index (χ0n) is 13.1. The summed E-state index contributed by atoms with van der Waals surface area (Å²) in [5.41, 5.74) is 2.92. The van der Waals surface area contributed by atoms with Gasteiger partial charge >= 0.3 is 0 Å². The summed E-state index contributed by atoms with van der Waals surface area (Å²) in [6.07, 6.45) is 3.69. The lowest BCUT2D eigenvalue weighted by Crippen LogP contribution is -2.32. The van der Waals surface area contributed by atoms with E-state index in [0.717, 1.165) is 41.6 Å². The molecule has 5 nitrogen and oxygen atoms in total. The van der Waals surface area contributed by atoms with Crippen molar-refractivity contribution in [3.63, 3.8) is 0 Å². The van der Waals surface area contributed by atoms with Crippen molar-refractivity contribution in [2.45, 2.75) is 25.9 Å². The number of aromatic amines is 1. The van der Waals surface area contributed by atoms with Gasteiger partial charge in [0, 0.05) is 35.3 Å². The van der Waals surface area contributed by atoms with E-state index in [0.29, 0.717) is 6.54 Å². The Bertz CT molecular complexity index is 792. The van der Waals surface area contributed by atoms with Crippen molar-refractivity contribution in [3.8, 4) is 6.07 Å². The van der Waals surface area contributed by atoms with Crippen LogP contribution in [0.2, 0.25) is 0 Å². The van der Waals surface area contributed by atoms with Crippen molar-refractivity contribution in [3.05, 3.63) is 41.1 Å². The predicted octanol–water partition coefficient (Wildman–Crippen LogP) is 2.68. The minimum absolute atomic E-state index is 0.0636. The first-order chi connectivity index (χ1) is 11.2. The van der Waals surface area contributed by atoms with Gasteiger partial charge in [0.15, 0.2) is 0 Å². The van der Waals surface area contributed by atoms with Crippen LogP contribution in [0.5, 0.6) is 0 Å². The number of amides is 1. The molecule has 2 aromatic rings. The number of hydrogen-bond donors (Lipinski definition) is 2. The lowest BCUT2D eigenvalue weighted by molar-refractivity contribution is -0.117. The van der Waals surface area contributed by atoms with Crippen LogP contribution >= 0.6 is 0 Å². The number of carbonyl (C=O) groups is 1. The van der Waals surface area contributed by atoms with Crippen LogP contribution in [0.25, 0.3) is 17.0 Å². The van der Waals surface area contributed by atoms with Crippen molar-refractivity contribution in [1.82, 2.24) is 10.3 Å². The number of aromatic nitrogens is 1. The summed E-state index contributed by atoms with van der Waals surface area (Å²) < 4.78 is 5.48. The van der Waals surface area contributed by atoms with Crippen molar-refractivity contribution in [2.75, 3.05) is 13.2 Å². The number of benzene rings is 1. The summed E-state index contributed by atoms with van der Waals surface area (Å²) in [4.78, 5) is 15.5. The summed E-state index contributed by atoms with van der Waals surface area (Å²) in [6.45, 7) is 3.13. The van der Waals surface area contributed by atoms with Crippen molar-refractivity contribution < 1.29 is 9.53 Å². The van der Waals surface area contributed by atoms with Gasteiger partial charge in [0.1, 0.15) is 11.6 Å². The third-order valence-corrected chi connectivity index (χ3v) is 4.11. The van der Waals surface area contributed by atoms with Crippen LogP contribution in [-0.2, 0) is 9.53 Å². The standard InChI is InChI=1S/C18H19N3O2/c1-12-16(15-6-2-3-7-17(15)21-12)9-13(10-19)18(22)20-11-14-5-4-8-23-14/h2-3,6-7,9,14,21H,4-5,8,11H2,1H3,(H,20,22)/b13-9+/t14-/m1/s1. The Morgan fingerprint density at radius 2 is 2.35 bits per heavy atom. The van der Waals surface area contributed by atoms with E-state index >= 15 is 0 Å². The Morgan fingerprint density at radius 3 is 3.09 bits per heavy atom. The average Bonchev–Trinajstić information content (AvgIpc) is 3.18. The lowest BCUT2D eigenvalue weighted by atomic mass is 10.1. The Hall–Kier alpha value is -2.58. The number of hydrogen-bond acceptors (Lipinski definition) is 3. The third kappa shape index (κ3) is 3.27. The summed E-state index contributed by atoms with van der Waals surface area (Å²) in [5.74, 6) is -0.354. The molecule has 1 atom stereocenters. The molecule has 2 heterocycles. The molecule has 1 aromatic heterocycles. The molecule has 23 heavy (non-hydrogen) atoms. The number of rotatable bonds is 4. The fourth-order valence-corrected chi connectivity index (χ4v) is 2.88. The number of nitrogens with zero attached hydrogens (tertiary/aromatic N) is 1. The Labute approximate surface area is 134 Å². The minimum Gasteiger partial charge on any atom is -0.376 e. The Kier molecular flexibility index (Phi) is 4.45. The normalized spacial score (nSPS) is 18.1. The number of carbonyl (C=O) groups excluding carboxylic acids is 1. The van der Waals surface area contributed by atoms with Gasteiger partial charge in [-0.15, -0.1) is 0 Å². The number of para-hydroxylation sites is 1. The molecule has 0 unspecified atom stereocenters. The second-order valence-electron chi connectivity index (χ2n) is 5.72. The number of fused-ring (bicyclic) bond motifs is 1. The van der Waals surface area contributed by atoms with Gasteiger partial charge < -0.3 is 15.0 Å². The van der Waals surface area contributed by atoms with Crippen LogP contribution in [-0.4, -0.2) is 30.1 Å². The van der Waals surface area contributed by atoms with Crippen LogP contribution in [0.4, 0.5) is 0 Å². The van der Waals surface area contributed by atoms with Gasteiger partial charge in [0.2, 0.25) is 0 Å². The van der Waals surface area contributed by atoms with E-state index in [1.165, 1.54) is 0 Å². The first-order valence-electron chi connectivity index (χ1n) is 7.78. The molecular weight excluding hydrogens is 290 g/mol. The van der Waals surface area contributed by atoms with Crippen molar-refractivity contribution in [2.24, 2.45) is 0 Å². The summed E-state index contributed by atoms with van der Waals surface area (Å²) in [5, 5.41) is 13.1. The highest BCUT2D eigenvalue weighted by Gasteiger charge is 2.18. The fraction of sp³-hybridized carbons (Fsp3) is 0.333. The molecular formula is C18H19N3O2. The van der Waals surface area contributed by atoms with E-state index in [1.807, 2.05) is 37.3 Å². The highest BCUT2D eigenvalue weighted by atomic mass is 16.5. The number of aryl methyl sites for hydroxylation is 1. The number of nitriles is 1. The van der Waals surface area contributed by atoms with Gasteiger partial charge in [0.05, 0.1) is 6.10 Å². The van der Waals surface area contributed by atoms with Gasteiger partial charge in [-0.1, -0.05) is 18.2 Å². The van der Waals surface area contributed by atoms with Gasteiger partial charge in [-0.25, -0.2) is 0 Å². The van der Waals surface area contributed by atoms with Crippen LogP contribution < -0.4 is 5.32 Å². The smallest absolute Gasteiger partial charge is 0.262 e. The predicted molar refractivity (Wildman–Crippen MR) is 88.6 cm³/mol.